The lowest BCUT2D eigenvalue weighted by molar-refractivity contribution is -0.121. The van der Waals surface area contributed by atoms with Crippen molar-refractivity contribution >= 4 is 74.9 Å². The van der Waals surface area contributed by atoms with Crippen LogP contribution in [-0.2, 0) is 42.8 Å². The van der Waals surface area contributed by atoms with Crippen molar-refractivity contribution in [1.29, 1.82) is 0 Å². The molecule has 8 aliphatic heterocycles. The summed E-state index contributed by atoms with van der Waals surface area (Å²) in [6.07, 6.45) is 16.9. The monoisotopic (exact) mass is 1860 g/mol. The van der Waals surface area contributed by atoms with E-state index in [-0.39, 0.29) is 34.3 Å². The summed E-state index contributed by atoms with van der Waals surface area (Å²) in [6.45, 7) is 27.9. The average molecular weight is 1860 g/mol. The number of fused-ring (bicyclic) bond motifs is 3. The summed E-state index contributed by atoms with van der Waals surface area (Å²) in [5.41, 5.74) is 8.68. The highest BCUT2D eigenvalue weighted by molar-refractivity contribution is 6.31. The van der Waals surface area contributed by atoms with Gasteiger partial charge in [-0.3, -0.25) is 9.59 Å². The zero-order valence-corrected chi connectivity index (χ0v) is 82.4. The van der Waals surface area contributed by atoms with Crippen molar-refractivity contribution in [3.05, 3.63) is 264 Å². The largest absolute Gasteiger partial charge is 0.508 e. The van der Waals surface area contributed by atoms with Crippen molar-refractivity contribution in [1.82, 2.24) is 44.8 Å². The van der Waals surface area contributed by atoms with Gasteiger partial charge in [-0.25, -0.2) is 8.78 Å². The number of aromatic nitrogens is 1. The number of carbonyl (C=O) groups excluding carboxylic acids is 2. The van der Waals surface area contributed by atoms with Gasteiger partial charge in [0.1, 0.15) is 17.4 Å². The molecule has 8 fully saturated rings. The molecule has 9 aromatic rings. The number of phenols is 1. The summed E-state index contributed by atoms with van der Waals surface area (Å²) in [5, 5.41) is 52.2. The molecular weight excluding hydrogens is 1720 g/mol. The maximum atomic E-state index is 13.4. The van der Waals surface area contributed by atoms with Crippen molar-refractivity contribution in [3.63, 3.8) is 0 Å². The number of amides is 2. The Labute approximate surface area is 793 Å². The van der Waals surface area contributed by atoms with Gasteiger partial charge in [-0.1, -0.05) is 163 Å². The van der Waals surface area contributed by atoms with Gasteiger partial charge in [0.25, 0.3) is 0 Å². The molecule has 17 nitrogen and oxygen atoms in total. The van der Waals surface area contributed by atoms with Crippen molar-refractivity contribution in [2.45, 2.75) is 215 Å². The van der Waals surface area contributed by atoms with Gasteiger partial charge >= 0.3 is 0 Å². The summed E-state index contributed by atoms with van der Waals surface area (Å²) in [5.74, 6) is 2.33. The fraction of sp³-hybridized carbons (Fsp3) is 0.523. The van der Waals surface area contributed by atoms with Crippen LogP contribution in [0.4, 0.5) is 14.5 Å². The fourth-order valence-corrected chi connectivity index (χ4v) is 21.0. The Balaban J connectivity index is 0.000000144. The van der Waals surface area contributed by atoms with Crippen molar-refractivity contribution in [2.24, 2.45) is 11.8 Å². The molecule has 0 radical (unpaired) electrons. The van der Waals surface area contributed by atoms with E-state index in [1.807, 2.05) is 114 Å². The van der Waals surface area contributed by atoms with E-state index < -0.39 is 22.3 Å². The number of nitrogens with zero attached hydrogens (tertiary/aromatic N) is 9. The molecule has 9 aliphatic rings. The van der Waals surface area contributed by atoms with Gasteiger partial charge in [-0.2, -0.15) is 0 Å². The molecule has 9 heterocycles. The van der Waals surface area contributed by atoms with Crippen LogP contribution >= 0.6 is 46.4 Å². The van der Waals surface area contributed by atoms with Gasteiger partial charge in [0.05, 0.1) is 28.0 Å². The summed E-state index contributed by atoms with van der Waals surface area (Å²) >= 11 is 23.4. The van der Waals surface area contributed by atoms with Crippen LogP contribution in [0.3, 0.4) is 0 Å². The van der Waals surface area contributed by atoms with Gasteiger partial charge in [0.2, 0.25) is 11.8 Å². The number of halogens is 6. The Hall–Kier alpha value is -7.41. The predicted octanol–water partition coefficient (Wildman–Crippen LogP) is 21.5. The number of hydrogen-bond acceptors (Lipinski definition) is 15. The number of likely N-dealkylation sites (tertiary alicyclic amines) is 7. The van der Waals surface area contributed by atoms with Gasteiger partial charge in [-0.05, 0) is 365 Å². The zero-order chi connectivity index (χ0) is 93.9. The molecule has 706 valence electrons. The van der Waals surface area contributed by atoms with E-state index in [4.69, 9.17) is 50.9 Å². The van der Waals surface area contributed by atoms with Gasteiger partial charge in [0.15, 0.2) is 5.58 Å². The highest BCUT2D eigenvalue weighted by Gasteiger charge is 2.46. The number of hydrogen-bond donors (Lipinski definition) is 5. The lowest BCUT2D eigenvalue weighted by atomic mass is 9.68. The summed E-state index contributed by atoms with van der Waals surface area (Å²) in [4.78, 5) is 41.5. The maximum Gasteiger partial charge on any atom is 0.223 e. The number of aliphatic hydroxyl groups is 3. The number of rotatable bonds is 8. The fourth-order valence-electron chi connectivity index (χ4n) is 20.5. The minimum Gasteiger partial charge on any atom is -0.508 e. The molecule has 23 heteroatoms. The number of piperidine rings is 6. The lowest BCUT2D eigenvalue weighted by Gasteiger charge is -2.44. The Bertz CT molecular complexity index is 5030. The van der Waals surface area contributed by atoms with Gasteiger partial charge in [0, 0.05) is 120 Å². The Kier molecular flexibility index (Phi) is 37.0. The molecule has 18 rings (SSSR count). The first-order valence-electron chi connectivity index (χ1n) is 47.1. The second-order valence-electron chi connectivity index (χ2n) is 39.5. The van der Waals surface area contributed by atoms with Crippen LogP contribution < -0.4 is 10.2 Å². The summed E-state index contributed by atoms with van der Waals surface area (Å²) in [7, 11) is 15.0. The summed E-state index contributed by atoms with van der Waals surface area (Å²) in [6, 6.07) is 59.7. The molecule has 5 N–H and O–H groups in total. The standard InChI is InChI=1S/C15H20N2O.C14H20ClN.C14H19FN2O.C14H21NO.C13H18ClNO.C13H15FN2O.C12H16ClNO.C12H15ClO/c1-12(18)17-11-15(7-9-16(2)10-8-15)13-5-3-4-6-14(13)17;1-10-8-13(9-11(2)16(10)3)12-4-6-14(15)7-5-12;1-11(18)16-14(6-8-17(2)9-7-14)12-4-3-5-13(15)10-12;1-11-10-15(3)8-7-14(11,2)12-5-4-6-13(16)9-12;1-15-9-2-7-13(16,8-10-15)11-3-5-12(14)6-4-11;1-16-6-4-9(5-7-16)13-11-3-2-10(14)8-12(11)17-15-13;1-14-8-6-12(15,7-9-14)10-2-4-11(13)5-3-10;1-9-6-7-12(14,8-9)10-2-4-11(13)5-3-10/h3-6H,7-11H2,1-2H3;4-7,10-11,13H,8-9H2,1-3H3;3-5,10H,6-9H2,1-2H3,(H,16,18);4-6,9,11,16H,7-8,10H2,1-3H3;3-6,16H,2,7-10H2,1H3;2-3,8-9H,4-7H2,1H3;2-5,15H,6-9H2,1H3;2-5,9,14H,6-8H2,1H3/t;10-,11+,13?;;11-,14-;13-;;;/m...10.../s1. The van der Waals surface area contributed by atoms with E-state index in [1.54, 1.807) is 25.1 Å². The molecule has 3 unspecified atom stereocenters. The van der Waals surface area contributed by atoms with Crippen LogP contribution in [-0.4, -0.2) is 218 Å². The Morgan fingerprint density at radius 1 is 0.469 bits per heavy atom. The SMILES string of the molecule is CC(=O)N1CC2(CCN(C)CC2)c2ccccc21.CC(=O)NC1(c2cccc(F)c2)CCN(C)CC1.CC1CCC(O)(c2ccc(Cl)cc2)C1.CN1CCC(O)(c2ccc(Cl)cc2)CC1.CN1CCC(c2noc3cc(F)ccc23)CC1.CN1CCC[C@@](O)(c2ccc(Cl)cc2)CC1.C[C@@H]1CC(c2ccc(Cl)cc2)C[C@H](C)N1C.C[C@@H]1CN(C)CC[C@@]1(C)c1cccc(O)c1. The molecule has 1 saturated carbocycles. The molecule has 1 aromatic heterocycles. The minimum atomic E-state index is -0.671. The van der Waals surface area contributed by atoms with Crippen LogP contribution in [0.1, 0.15) is 214 Å². The topological polar surface area (TPSA) is 179 Å². The average Bonchev–Trinajstić information content (AvgIpc) is 1.60. The second kappa shape index (κ2) is 46.7. The van der Waals surface area contributed by atoms with Crippen LogP contribution in [0, 0.1) is 23.5 Å². The number of phenolic OH excluding ortho intramolecular Hbond substituents is 1. The molecule has 1 aliphatic carbocycles. The van der Waals surface area contributed by atoms with Crippen molar-refractivity contribution in [3.8, 4) is 5.75 Å². The molecule has 1 spiro atoms. The molecule has 130 heavy (non-hydrogen) atoms. The molecule has 8 atom stereocenters. The lowest BCUT2D eigenvalue weighted by Crippen LogP contribution is -2.51. The van der Waals surface area contributed by atoms with E-state index >= 15 is 0 Å². The molecule has 8 aromatic carbocycles. The van der Waals surface area contributed by atoms with Crippen LogP contribution in [0.15, 0.2) is 193 Å². The normalized spacial score (nSPS) is 25.4. The maximum absolute atomic E-state index is 13.4. The van der Waals surface area contributed by atoms with Gasteiger partial charge in [-0.15, -0.1) is 0 Å². The van der Waals surface area contributed by atoms with Crippen LogP contribution in [0.5, 0.6) is 5.75 Å². The molecule has 0 bridgehead atoms. The van der Waals surface area contributed by atoms with Crippen LogP contribution in [0.2, 0.25) is 20.1 Å². The first-order valence-corrected chi connectivity index (χ1v) is 48.6. The highest BCUT2D eigenvalue weighted by Crippen LogP contribution is 2.48. The van der Waals surface area contributed by atoms with Crippen molar-refractivity contribution < 1.29 is 43.3 Å². The van der Waals surface area contributed by atoms with E-state index in [0.29, 0.717) is 47.1 Å². The Morgan fingerprint density at radius 2 is 0.946 bits per heavy atom. The third-order valence-electron chi connectivity index (χ3n) is 29.7. The number of aromatic hydroxyl groups is 1. The number of benzene rings is 8. The third kappa shape index (κ3) is 27.7. The predicted molar refractivity (Wildman–Crippen MR) is 529 cm³/mol. The minimum absolute atomic E-state index is 0.0659. The molecule has 7 saturated heterocycles. The second-order valence-corrected chi connectivity index (χ2v) is 41.2. The number of nitrogens with one attached hydrogen (secondary N) is 1. The highest BCUT2D eigenvalue weighted by atomic mass is 35.5. The number of para-hydroxylation sites is 1. The quantitative estimate of drug-likeness (QED) is 0.0969. The van der Waals surface area contributed by atoms with E-state index in [2.05, 4.69) is 165 Å². The van der Waals surface area contributed by atoms with E-state index in [0.717, 1.165) is 241 Å². The molecule has 2 amide bonds. The first-order chi connectivity index (χ1) is 61.8. The van der Waals surface area contributed by atoms with Crippen molar-refractivity contribution in [2.75, 3.05) is 139 Å². The van der Waals surface area contributed by atoms with Gasteiger partial charge < -0.3 is 69.5 Å². The smallest absolute Gasteiger partial charge is 0.223 e. The van der Waals surface area contributed by atoms with Crippen LogP contribution in [0.25, 0.3) is 11.0 Å². The van der Waals surface area contributed by atoms with E-state index in [9.17, 15) is 38.8 Å². The third-order valence-corrected chi connectivity index (χ3v) is 30.7. The van der Waals surface area contributed by atoms with E-state index in [1.165, 1.54) is 60.7 Å². The molecular formula is C107H144Cl4F2N10O7. The Morgan fingerprint density at radius 3 is 1.46 bits per heavy atom. The summed E-state index contributed by atoms with van der Waals surface area (Å²) < 4.78 is 31.6. The number of anilines is 1. The first kappa shape index (κ1) is 103. The zero-order valence-electron chi connectivity index (χ0n) is 79.4. The number of carbonyl (C=O) groups is 2.